The van der Waals surface area contributed by atoms with E-state index in [1.165, 1.54) is 32.1 Å². The monoisotopic (exact) mass is 197 g/mol. The molecule has 0 aliphatic heterocycles. The molecule has 0 aromatic rings. The fraction of sp³-hybridized carbons (Fsp3) is 1.00. The first-order valence-corrected chi connectivity index (χ1v) is 5.88. The molecule has 0 spiro atoms. The molecule has 0 amide bonds. The lowest BCUT2D eigenvalue weighted by Gasteiger charge is -2.37. The highest BCUT2D eigenvalue weighted by atomic mass is 16.5. The first-order chi connectivity index (χ1) is 6.59. The molecule has 2 aliphatic carbocycles. The Kier molecular flexibility index (Phi) is 2.85. The minimum absolute atomic E-state index is 0.530. The number of methoxy groups -OCH3 is 1. The molecule has 1 N–H and O–H groups in total. The summed E-state index contributed by atoms with van der Waals surface area (Å²) in [5.74, 6) is 0. The summed E-state index contributed by atoms with van der Waals surface area (Å²) in [6, 6.07) is 1.51. The Morgan fingerprint density at radius 3 is 2.43 bits per heavy atom. The fourth-order valence-corrected chi connectivity index (χ4v) is 2.81. The lowest BCUT2D eigenvalue weighted by atomic mass is 9.88. The van der Waals surface area contributed by atoms with Gasteiger partial charge in [-0.1, -0.05) is 13.8 Å². The summed E-state index contributed by atoms with van der Waals surface area (Å²) in [7, 11) is 1.82. The third-order valence-corrected chi connectivity index (χ3v) is 3.87. The number of hydrogen-bond acceptors (Lipinski definition) is 2. The van der Waals surface area contributed by atoms with Crippen LogP contribution in [0, 0.1) is 5.41 Å². The van der Waals surface area contributed by atoms with Crippen LogP contribution in [0.3, 0.4) is 0 Å². The molecule has 0 bridgehead atoms. The largest absolute Gasteiger partial charge is 0.381 e. The highest BCUT2D eigenvalue weighted by molar-refractivity contribution is 4.93. The van der Waals surface area contributed by atoms with Gasteiger partial charge < -0.3 is 10.1 Å². The van der Waals surface area contributed by atoms with E-state index < -0.39 is 0 Å². The van der Waals surface area contributed by atoms with E-state index in [0.717, 1.165) is 12.1 Å². The summed E-state index contributed by atoms with van der Waals surface area (Å²) in [6.07, 6.45) is 7.05. The van der Waals surface area contributed by atoms with Crippen LogP contribution in [0.15, 0.2) is 0 Å². The predicted molar refractivity (Wildman–Crippen MR) is 58.4 cm³/mol. The normalized spacial score (nSPS) is 40.9. The van der Waals surface area contributed by atoms with Crippen LogP contribution < -0.4 is 5.32 Å². The van der Waals surface area contributed by atoms with Crippen LogP contribution in [-0.2, 0) is 4.74 Å². The molecule has 2 fully saturated rings. The van der Waals surface area contributed by atoms with Crippen molar-refractivity contribution < 1.29 is 4.74 Å². The van der Waals surface area contributed by atoms with Gasteiger partial charge in [-0.05, 0) is 37.5 Å². The molecule has 1 atom stereocenters. The number of rotatable bonds is 3. The molecule has 2 aliphatic rings. The van der Waals surface area contributed by atoms with E-state index >= 15 is 0 Å². The number of ether oxygens (including phenoxy) is 1. The molecular weight excluding hydrogens is 174 g/mol. The summed E-state index contributed by atoms with van der Waals surface area (Å²) in [6.45, 7) is 4.76. The van der Waals surface area contributed by atoms with Crippen LogP contribution in [0.4, 0.5) is 0 Å². The van der Waals surface area contributed by atoms with Crippen LogP contribution in [0.1, 0.15) is 46.0 Å². The Labute approximate surface area is 87.4 Å². The lowest BCUT2D eigenvalue weighted by Crippen LogP contribution is -2.48. The van der Waals surface area contributed by atoms with E-state index in [1.54, 1.807) is 0 Å². The van der Waals surface area contributed by atoms with Crippen LogP contribution in [0.2, 0.25) is 0 Å². The Hall–Kier alpha value is -0.0800. The molecule has 2 saturated carbocycles. The zero-order valence-electron chi connectivity index (χ0n) is 9.68. The van der Waals surface area contributed by atoms with Gasteiger partial charge in [-0.2, -0.15) is 0 Å². The molecule has 1 unspecified atom stereocenters. The van der Waals surface area contributed by atoms with Gasteiger partial charge in [-0.25, -0.2) is 0 Å². The fourth-order valence-electron chi connectivity index (χ4n) is 2.81. The van der Waals surface area contributed by atoms with Crippen molar-refractivity contribution >= 4 is 0 Å². The highest BCUT2D eigenvalue weighted by Gasteiger charge is 2.35. The Morgan fingerprint density at radius 1 is 1.21 bits per heavy atom. The molecule has 14 heavy (non-hydrogen) atoms. The van der Waals surface area contributed by atoms with Gasteiger partial charge in [0.05, 0.1) is 6.10 Å². The summed E-state index contributed by atoms with van der Waals surface area (Å²) in [4.78, 5) is 0. The molecular formula is C12H23NO. The van der Waals surface area contributed by atoms with Crippen molar-refractivity contribution in [3.63, 3.8) is 0 Å². The van der Waals surface area contributed by atoms with Crippen LogP contribution in [0.5, 0.6) is 0 Å². The molecule has 0 aromatic heterocycles. The molecule has 82 valence electrons. The number of nitrogens with one attached hydrogen (secondary N) is 1. The second-order valence-electron chi connectivity index (χ2n) is 5.80. The molecule has 0 aromatic carbocycles. The second kappa shape index (κ2) is 3.82. The molecule has 2 heteroatoms. The smallest absolute Gasteiger partial charge is 0.0601 e. The topological polar surface area (TPSA) is 21.3 Å². The maximum absolute atomic E-state index is 5.28. The molecule has 2 rings (SSSR count). The molecule has 2 nitrogen and oxygen atoms in total. The van der Waals surface area contributed by atoms with Crippen molar-refractivity contribution in [2.24, 2.45) is 5.41 Å². The van der Waals surface area contributed by atoms with Crippen molar-refractivity contribution in [1.82, 2.24) is 5.32 Å². The average Bonchev–Trinajstić information content (AvgIpc) is 2.37. The summed E-state index contributed by atoms with van der Waals surface area (Å²) >= 11 is 0. The Balaban J connectivity index is 1.68. The average molecular weight is 197 g/mol. The van der Waals surface area contributed by atoms with Gasteiger partial charge >= 0.3 is 0 Å². The van der Waals surface area contributed by atoms with Gasteiger partial charge in [-0.15, -0.1) is 0 Å². The summed E-state index contributed by atoms with van der Waals surface area (Å²) in [5.41, 5.74) is 0.571. The third-order valence-electron chi connectivity index (χ3n) is 3.87. The Morgan fingerprint density at radius 2 is 1.93 bits per heavy atom. The Bertz CT molecular complexity index is 196. The molecule has 0 saturated heterocycles. The third kappa shape index (κ3) is 2.29. The highest BCUT2D eigenvalue weighted by Crippen LogP contribution is 2.38. The molecule has 0 heterocycles. The standard InChI is InChI=1S/C12H23NO/c1-12(2)5-4-9(8-12)13-10-6-11(7-10)14-3/h9-11,13H,4-8H2,1-3H3. The van der Waals surface area contributed by atoms with Gasteiger partial charge in [0.1, 0.15) is 0 Å². The molecule has 0 radical (unpaired) electrons. The first-order valence-electron chi connectivity index (χ1n) is 5.88. The van der Waals surface area contributed by atoms with Crippen LogP contribution in [0.25, 0.3) is 0 Å². The second-order valence-corrected chi connectivity index (χ2v) is 5.80. The summed E-state index contributed by atoms with van der Waals surface area (Å²) < 4.78 is 5.28. The van der Waals surface area contributed by atoms with Crippen molar-refractivity contribution in [1.29, 1.82) is 0 Å². The van der Waals surface area contributed by atoms with Gasteiger partial charge in [0, 0.05) is 19.2 Å². The minimum Gasteiger partial charge on any atom is -0.381 e. The van der Waals surface area contributed by atoms with E-state index in [0.29, 0.717) is 11.5 Å². The SMILES string of the molecule is COC1CC(NC2CCC(C)(C)C2)C1. The zero-order chi connectivity index (χ0) is 10.2. The van der Waals surface area contributed by atoms with Crippen molar-refractivity contribution in [2.75, 3.05) is 7.11 Å². The van der Waals surface area contributed by atoms with Crippen molar-refractivity contribution in [3.05, 3.63) is 0 Å². The zero-order valence-corrected chi connectivity index (χ0v) is 9.68. The van der Waals surface area contributed by atoms with Gasteiger partial charge in [0.25, 0.3) is 0 Å². The van der Waals surface area contributed by atoms with E-state index in [1.807, 2.05) is 7.11 Å². The van der Waals surface area contributed by atoms with Crippen LogP contribution in [-0.4, -0.2) is 25.3 Å². The van der Waals surface area contributed by atoms with Gasteiger partial charge in [0.2, 0.25) is 0 Å². The van der Waals surface area contributed by atoms with Crippen molar-refractivity contribution in [2.45, 2.75) is 64.1 Å². The van der Waals surface area contributed by atoms with E-state index in [2.05, 4.69) is 19.2 Å². The van der Waals surface area contributed by atoms with Gasteiger partial charge in [0.15, 0.2) is 0 Å². The summed E-state index contributed by atoms with van der Waals surface area (Å²) in [5, 5.41) is 3.76. The van der Waals surface area contributed by atoms with Gasteiger partial charge in [-0.3, -0.25) is 0 Å². The maximum Gasteiger partial charge on any atom is 0.0601 e. The van der Waals surface area contributed by atoms with E-state index in [4.69, 9.17) is 4.74 Å². The predicted octanol–water partition coefficient (Wildman–Crippen LogP) is 2.33. The minimum atomic E-state index is 0.530. The first kappa shape index (κ1) is 10.4. The van der Waals surface area contributed by atoms with E-state index in [-0.39, 0.29) is 0 Å². The maximum atomic E-state index is 5.28. The van der Waals surface area contributed by atoms with E-state index in [9.17, 15) is 0 Å². The van der Waals surface area contributed by atoms with Crippen molar-refractivity contribution in [3.8, 4) is 0 Å². The quantitative estimate of drug-likeness (QED) is 0.750. The number of hydrogen-bond donors (Lipinski definition) is 1. The van der Waals surface area contributed by atoms with Crippen LogP contribution >= 0.6 is 0 Å². The lowest BCUT2D eigenvalue weighted by molar-refractivity contribution is 0.0141.